The van der Waals surface area contributed by atoms with Crippen molar-refractivity contribution in [3.63, 3.8) is 0 Å². The van der Waals surface area contributed by atoms with Gasteiger partial charge in [0, 0.05) is 18.6 Å². The summed E-state index contributed by atoms with van der Waals surface area (Å²) in [4.78, 5) is 24.4. The van der Waals surface area contributed by atoms with Crippen molar-refractivity contribution < 1.29 is 23.8 Å². The average molecular weight is 408 g/mol. The number of carbonyl (C=O) groups is 2. The highest BCUT2D eigenvalue weighted by molar-refractivity contribution is 6.05. The topological polar surface area (TPSA) is 73.9 Å². The number of rotatable bonds is 16. The van der Waals surface area contributed by atoms with E-state index in [0.29, 0.717) is 29.4 Å². The van der Waals surface area contributed by atoms with Crippen LogP contribution in [0.25, 0.3) is 0 Å². The number of hydrogen-bond donors (Lipinski definition) is 1. The third-order valence-corrected chi connectivity index (χ3v) is 4.90. The van der Waals surface area contributed by atoms with E-state index >= 15 is 0 Å². The van der Waals surface area contributed by atoms with Crippen LogP contribution in [0.15, 0.2) is 12.1 Å². The minimum Gasteiger partial charge on any atom is -0.496 e. The van der Waals surface area contributed by atoms with Crippen molar-refractivity contribution in [2.75, 3.05) is 26.6 Å². The van der Waals surface area contributed by atoms with Crippen molar-refractivity contribution in [1.29, 1.82) is 0 Å². The summed E-state index contributed by atoms with van der Waals surface area (Å²) in [5, 5.41) is 2.73. The molecule has 0 bridgehead atoms. The zero-order chi connectivity index (χ0) is 21.5. The molecular weight excluding hydrogens is 370 g/mol. The maximum absolute atomic E-state index is 12.3. The van der Waals surface area contributed by atoms with Gasteiger partial charge in [0.15, 0.2) is 0 Å². The Morgan fingerprint density at radius 1 is 0.793 bits per heavy atom. The quantitative estimate of drug-likeness (QED) is 0.288. The van der Waals surface area contributed by atoms with Crippen LogP contribution >= 0.6 is 0 Å². The lowest BCUT2D eigenvalue weighted by molar-refractivity contribution is -0.125. The molecule has 1 amide bonds. The Morgan fingerprint density at radius 3 is 1.79 bits per heavy atom. The number of methoxy groups -OCH3 is 3. The van der Waals surface area contributed by atoms with Crippen molar-refractivity contribution >= 4 is 17.4 Å². The normalized spacial score (nSPS) is 10.5. The predicted molar refractivity (Wildman–Crippen MR) is 116 cm³/mol. The van der Waals surface area contributed by atoms with Crippen LogP contribution in [0, 0.1) is 0 Å². The Bertz CT molecular complexity index is 605. The van der Waals surface area contributed by atoms with E-state index in [-0.39, 0.29) is 18.1 Å². The lowest BCUT2D eigenvalue weighted by Gasteiger charge is -2.15. The van der Waals surface area contributed by atoms with Crippen LogP contribution in [0.3, 0.4) is 0 Å². The zero-order valence-electron chi connectivity index (χ0n) is 18.5. The molecule has 0 radical (unpaired) electrons. The second kappa shape index (κ2) is 14.7. The highest BCUT2D eigenvalue weighted by atomic mass is 16.5. The number of ketones is 1. The molecule has 0 aliphatic carbocycles. The smallest absolute Gasteiger partial charge is 0.232 e. The Hall–Kier alpha value is -2.24. The Morgan fingerprint density at radius 2 is 1.31 bits per heavy atom. The number of carbonyl (C=O) groups excluding carboxylic acids is 2. The van der Waals surface area contributed by atoms with Gasteiger partial charge in [0.25, 0.3) is 0 Å². The van der Waals surface area contributed by atoms with Gasteiger partial charge in [-0.25, -0.2) is 0 Å². The maximum atomic E-state index is 12.3. The van der Waals surface area contributed by atoms with Gasteiger partial charge < -0.3 is 19.5 Å². The molecule has 6 nitrogen and oxygen atoms in total. The SMILES string of the molecule is CCCCCCCCCCCC(=O)CC(=O)Nc1c(OC)cc(OC)cc1OC. The van der Waals surface area contributed by atoms with Crippen LogP contribution in [-0.2, 0) is 9.59 Å². The molecule has 0 saturated heterocycles. The summed E-state index contributed by atoms with van der Waals surface area (Å²) in [6, 6.07) is 3.31. The van der Waals surface area contributed by atoms with Crippen molar-refractivity contribution in [1.82, 2.24) is 0 Å². The molecule has 29 heavy (non-hydrogen) atoms. The molecule has 0 aliphatic heterocycles. The standard InChI is InChI=1S/C23H37NO5/c1-5-6-7-8-9-10-11-12-13-14-18(25)15-22(26)24-23-20(28-3)16-19(27-2)17-21(23)29-4/h16-17H,5-15H2,1-4H3,(H,24,26). The number of benzene rings is 1. The van der Waals surface area contributed by atoms with Gasteiger partial charge >= 0.3 is 0 Å². The van der Waals surface area contributed by atoms with Gasteiger partial charge in [-0.05, 0) is 6.42 Å². The highest BCUT2D eigenvalue weighted by Gasteiger charge is 2.17. The van der Waals surface area contributed by atoms with Gasteiger partial charge in [0.05, 0.1) is 27.8 Å². The Balaban J connectivity index is 2.36. The number of amides is 1. The minimum atomic E-state index is -0.368. The van der Waals surface area contributed by atoms with Crippen LogP contribution in [0.2, 0.25) is 0 Å². The number of anilines is 1. The Labute approximate surface area is 175 Å². The molecule has 164 valence electrons. The molecule has 0 heterocycles. The zero-order valence-corrected chi connectivity index (χ0v) is 18.5. The lowest BCUT2D eigenvalue weighted by Crippen LogP contribution is -2.17. The second-order valence-electron chi connectivity index (χ2n) is 7.25. The minimum absolute atomic E-state index is 0.0445. The molecular formula is C23H37NO5. The first-order valence-electron chi connectivity index (χ1n) is 10.7. The fourth-order valence-corrected chi connectivity index (χ4v) is 3.21. The summed E-state index contributed by atoms with van der Waals surface area (Å²) in [7, 11) is 4.54. The van der Waals surface area contributed by atoms with Gasteiger partial charge in [0.1, 0.15) is 28.7 Å². The summed E-state index contributed by atoms with van der Waals surface area (Å²) in [5.41, 5.74) is 0.400. The molecule has 0 saturated carbocycles. The second-order valence-corrected chi connectivity index (χ2v) is 7.25. The molecule has 0 aromatic heterocycles. The molecule has 0 aliphatic rings. The molecule has 0 spiro atoms. The van der Waals surface area contributed by atoms with E-state index in [9.17, 15) is 9.59 Å². The number of Topliss-reactive ketones (excluding diaryl/α,β-unsaturated/α-hetero) is 1. The first-order valence-corrected chi connectivity index (χ1v) is 10.7. The van der Waals surface area contributed by atoms with E-state index in [1.807, 2.05) is 0 Å². The lowest BCUT2D eigenvalue weighted by atomic mass is 10.0. The van der Waals surface area contributed by atoms with E-state index < -0.39 is 0 Å². The van der Waals surface area contributed by atoms with Crippen LogP contribution < -0.4 is 19.5 Å². The van der Waals surface area contributed by atoms with Gasteiger partial charge in [-0.2, -0.15) is 0 Å². The highest BCUT2D eigenvalue weighted by Crippen LogP contribution is 2.38. The van der Waals surface area contributed by atoms with E-state index in [4.69, 9.17) is 14.2 Å². The largest absolute Gasteiger partial charge is 0.496 e. The number of nitrogens with one attached hydrogen (secondary N) is 1. The Kier molecular flexibility index (Phi) is 12.6. The first kappa shape index (κ1) is 24.8. The van der Waals surface area contributed by atoms with Crippen LogP contribution in [0.1, 0.15) is 77.6 Å². The maximum Gasteiger partial charge on any atom is 0.232 e. The summed E-state index contributed by atoms with van der Waals surface area (Å²) in [5.74, 6) is 0.976. The van der Waals surface area contributed by atoms with Crippen molar-refractivity contribution in [2.45, 2.75) is 77.6 Å². The van der Waals surface area contributed by atoms with E-state index in [0.717, 1.165) is 19.3 Å². The summed E-state index contributed by atoms with van der Waals surface area (Å²) < 4.78 is 15.8. The molecule has 1 N–H and O–H groups in total. The fourth-order valence-electron chi connectivity index (χ4n) is 3.21. The third kappa shape index (κ3) is 9.68. The summed E-state index contributed by atoms with van der Waals surface area (Å²) in [6.07, 6.45) is 11.1. The van der Waals surface area contributed by atoms with E-state index in [1.54, 1.807) is 12.1 Å². The van der Waals surface area contributed by atoms with Gasteiger partial charge in [-0.3, -0.25) is 9.59 Å². The van der Waals surface area contributed by atoms with Crippen LogP contribution in [0.4, 0.5) is 5.69 Å². The van der Waals surface area contributed by atoms with Crippen LogP contribution in [-0.4, -0.2) is 33.0 Å². The van der Waals surface area contributed by atoms with Crippen molar-refractivity contribution in [3.8, 4) is 17.2 Å². The predicted octanol–water partition coefficient (Wildman–Crippen LogP) is 5.53. The van der Waals surface area contributed by atoms with Crippen molar-refractivity contribution in [3.05, 3.63) is 12.1 Å². The van der Waals surface area contributed by atoms with Crippen LogP contribution in [0.5, 0.6) is 17.2 Å². The van der Waals surface area contributed by atoms with Crippen molar-refractivity contribution in [2.24, 2.45) is 0 Å². The van der Waals surface area contributed by atoms with Gasteiger partial charge in [-0.1, -0.05) is 58.3 Å². The third-order valence-electron chi connectivity index (χ3n) is 4.90. The molecule has 1 aromatic rings. The number of ether oxygens (including phenoxy) is 3. The van der Waals surface area contributed by atoms with E-state index in [1.165, 1.54) is 59.9 Å². The number of hydrogen-bond acceptors (Lipinski definition) is 5. The number of unbranched alkanes of at least 4 members (excludes halogenated alkanes) is 8. The van der Waals surface area contributed by atoms with Gasteiger partial charge in [0.2, 0.25) is 5.91 Å². The van der Waals surface area contributed by atoms with Gasteiger partial charge in [-0.15, -0.1) is 0 Å². The van der Waals surface area contributed by atoms with E-state index in [2.05, 4.69) is 12.2 Å². The molecule has 0 fully saturated rings. The monoisotopic (exact) mass is 407 g/mol. The summed E-state index contributed by atoms with van der Waals surface area (Å²) in [6.45, 7) is 2.22. The fraction of sp³-hybridized carbons (Fsp3) is 0.652. The molecule has 0 unspecified atom stereocenters. The average Bonchev–Trinajstić information content (AvgIpc) is 2.72. The molecule has 1 aromatic carbocycles. The first-order chi connectivity index (χ1) is 14.0. The molecule has 0 atom stereocenters. The molecule has 6 heteroatoms. The summed E-state index contributed by atoms with van der Waals surface area (Å²) >= 11 is 0. The molecule has 1 rings (SSSR count).